The zero-order valence-corrected chi connectivity index (χ0v) is 17.8. The minimum absolute atomic E-state index is 0.0481. The Kier molecular flexibility index (Phi) is 10.8. The van der Waals surface area contributed by atoms with Crippen molar-refractivity contribution in [2.75, 3.05) is 19.7 Å². The van der Waals surface area contributed by atoms with Crippen LogP contribution in [0.15, 0.2) is 37.0 Å². The van der Waals surface area contributed by atoms with Gasteiger partial charge >= 0.3 is 5.97 Å². The summed E-state index contributed by atoms with van der Waals surface area (Å²) in [6.45, 7) is 16.7. The van der Waals surface area contributed by atoms with Crippen LogP contribution < -0.4 is 5.32 Å². The van der Waals surface area contributed by atoms with E-state index in [0.29, 0.717) is 31.7 Å². The maximum Gasteiger partial charge on any atom is 0.333 e. The van der Waals surface area contributed by atoms with Crippen molar-refractivity contribution in [1.29, 1.82) is 0 Å². The minimum atomic E-state index is -0.413. The Hall–Kier alpha value is -1.92. The highest BCUT2D eigenvalue weighted by molar-refractivity contribution is 5.89. The maximum absolute atomic E-state index is 12.5. The van der Waals surface area contributed by atoms with Crippen molar-refractivity contribution in [1.82, 2.24) is 10.2 Å². The lowest BCUT2D eigenvalue weighted by molar-refractivity contribution is -0.139. The third-order valence-electron chi connectivity index (χ3n) is 4.93. The lowest BCUT2D eigenvalue weighted by Gasteiger charge is -2.43. The topological polar surface area (TPSA) is 67.9 Å². The molecule has 1 amide bonds. The second-order valence-corrected chi connectivity index (χ2v) is 6.98. The molecule has 0 aromatic carbocycles. The average Bonchev–Trinajstić information content (AvgIpc) is 2.66. The van der Waals surface area contributed by atoms with Crippen molar-refractivity contribution < 1.29 is 19.1 Å². The van der Waals surface area contributed by atoms with Gasteiger partial charge in [-0.15, -0.1) is 13.2 Å². The van der Waals surface area contributed by atoms with Crippen LogP contribution >= 0.6 is 0 Å². The highest BCUT2D eigenvalue weighted by Gasteiger charge is 2.40. The van der Waals surface area contributed by atoms with Gasteiger partial charge in [0.2, 0.25) is 5.91 Å². The van der Waals surface area contributed by atoms with Crippen LogP contribution in [0, 0.1) is 0 Å². The molecule has 1 rings (SSSR count). The fraction of sp³-hybridized carbons (Fsp3) is 0.636. The molecule has 0 heterocycles. The molecule has 0 saturated heterocycles. The number of hydrogen-bond acceptors (Lipinski definition) is 5. The van der Waals surface area contributed by atoms with Crippen molar-refractivity contribution in [3.63, 3.8) is 0 Å². The number of carbonyl (C=O) groups excluding carboxylic acids is 2. The molecule has 0 bridgehead atoms. The third kappa shape index (κ3) is 6.91. The fourth-order valence-electron chi connectivity index (χ4n) is 3.59. The molecule has 3 atom stereocenters. The largest absolute Gasteiger partial charge is 0.463 e. The Bertz CT molecular complexity index is 559. The van der Waals surface area contributed by atoms with E-state index in [-0.39, 0.29) is 30.1 Å². The number of rotatable bonds is 12. The summed E-state index contributed by atoms with van der Waals surface area (Å²) in [5.74, 6) is -0.456. The van der Waals surface area contributed by atoms with E-state index in [1.165, 1.54) is 6.92 Å². The molecular weight excluding hydrogens is 356 g/mol. The van der Waals surface area contributed by atoms with Crippen LogP contribution in [-0.2, 0) is 19.1 Å². The minimum Gasteiger partial charge on any atom is -0.463 e. The lowest BCUT2D eigenvalue weighted by Crippen LogP contribution is -2.59. The summed E-state index contributed by atoms with van der Waals surface area (Å²) in [6.07, 6.45) is 7.27. The molecule has 0 radical (unpaired) electrons. The first kappa shape index (κ1) is 24.1. The molecule has 1 aliphatic rings. The van der Waals surface area contributed by atoms with E-state index < -0.39 is 6.10 Å². The molecule has 0 fully saturated rings. The van der Waals surface area contributed by atoms with Gasteiger partial charge < -0.3 is 14.8 Å². The van der Waals surface area contributed by atoms with Crippen LogP contribution in [0.25, 0.3) is 0 Å². The Balaban J connectivity index is 3.34. The van der Waals surface area contributed by atoms with Gasteiger partial charge in [-0.2, -0.15) is 0 Å². The summed E-state index contributed by atoms with van der Waals surface area (Å²) < 4.78 is 11.6. The first-order valence-corrected chi connectivity index (χ1v) is 10.2. The standard InChI is InChI=1S/C22H36N2O4/c1-7-12-24(13-8-2)19-14-17(22(26)27-11-5)15-20(21(19)23-16(6)25)28-18(9-3)10-4/h7-8,15,18-21H,1-2,9-14H2,3-6H3,(H,23,25)/t19-,20-,21-/m0/s1. The van der Waals surface area contributed by atoms with Crippen molar-refractivity contribution in [2.45, 2.75) is 71.2 Å². The van der Waals surface area contributed by atoms with Crippen molar-refractivity contribution in [3.8, 4) is 0 Å². The van der Waals surface area contributed by atoms with E-state index >= 15 is 0 Å². The molecular formula is C22H36N2O4. The molecule has 1 N–H and O–H groups in total. The van der Waals surface area contributed by atoms with E-state index in [0.717, 1.165) is 12.8 Å². The molecule has 28 heavy (non-hydrogen) atoms. The molecule has 6 nitrogen and oxygen atoms in total. The van der Waals surface area contributed by atoms with Gasteiger partial charge in [0.25, 0.3) is 0 Å². The molecule has 6 heteroatoms. The number of esters is 1. The van der Waals surface area contributed by atoms with E-state index in [2.05, 4.69) is 37.2 Å². The summed E-state index contributed by atoms with van der Waals surface area (Å²) in [5, 5.41) is 3.05. The Morgan fingerprint density at radius 3 is 2.32 bits per heavy atom. The van der Waals surface area contributed by atoms with Crippen LogP contribution in [-0.4, -0.2) is 60.8 Å². The molecule has 0 spiro atoms. The predicted molar refractivity (Wildman–Crippen MR) is 112 cm³/mol. The van der Waals surface area contributed by atoms with E-state index in [1.807, 2.05) is 18.2 Å². The SMILES string of the molecule is C=CCN(CC=C)[C@H]1CC(C(=O)OCC)=C[C@H](OC(CC)CC)[C@H]1NC(C)=O. The second kappa shape index (κ2) is 12.5. The van der Waals surface area contributed by atoms with Gasteiger partial charge in [0.1, 0.15) is 0 Å². The number of ether oxygens (including phenoxy) is 2. The summed E-state index contributed by atoms with van der Waals surface area (Å²) in [4.78, 5) is 26.6. The number of nitrogens with zero attached hydrogens (tertiary/aromatic N) is 1. The van der Waals surface area contributed by atoms with Gasteiger partial charge in [-0.1, -0.05) is 26.0 Å². The number of carbonyl (C=O) groups is 2. The van der Waals surface area contributed by atoms with E-state index in [4.69, 9.17) is 9.47 Å². The first-order valence-electron chi connectivity index (χ1n) is 10.2. The van der Waals surface area contributed by atoms with Gasteiger partial charge in [0.15, 0.2) is 0 Å². The molecule has 0 saturated carbocycles. The average molecular weight is 393 g/mol. The monoisotopic (exact) mass is 392 g/mol. The Labute approximate surface area is 169 Å². The number of hydrogen-bond donors (Lipinski definition) is 1. The maximum atomic E-state index is 12.5. The quantitative estimate of drug-likeness (QED) is 0.408. The molecule has 0 unspecified atom stereocenters. The van der Waals surface area contributed by atoms with E-state index in [9.17, 15) is 9.59 Å². The molecule has 0 aromatic rings. The lowest BCUT2D eigenvalue weighted by atomic mass is 9.86. The van der Waals surface area contributed by atoms with Gasteiger partial charge in [-0.25, -0.2) is 4.79 Å². The molecule has 0 aliphatic heterocycles. The van der Waals surface area contributed by atoms with Crippen LogP contribution in [0.5, 0.6) is 0 Å². The summed E-state index contributed by atoms with van der Waals surface area (Å²) in [6, 6.07) is -0.417. The normalized spacial score (nSPS) is 21.9. The zero-order chi connectivity index (χ0) is 21.1. The van der Waals surface area contributed by atoms with Crippen molar-refractivity contribution in [2.24, 2.45) is 0 Å². The summed E-state index contributed by atoms with van der Waals surface area (Å²) >= 11 is 0. The second-order valence-electron chi connectivity index (χ2n) is 6.98. The van der Waals surface area contributed by atoms with E-state index in [1.54, 1.807) is 6.92 Å². The zero-order valence-electron chi connectivity index (χ0n) is 17.8. The van der Waals surface area contributed by atoms with Crippen LogP contribution in [0.2, 0.25) is 0 Å². The Morgan fingerprint density at radius 1 is 1.25 bits per heavy atom. The predicted octanol–water partition coefficient (Wildman–Crippen LogP) is 3.00. The van der Waals surface area contributed by atoms with Gasteiger partial charge in [-0.05, 0) is 32.3 Å². The van der Waals surface area contributed by atoms with Crippen molar-refractivity contribution in [3.05, 3.63) is 37.0 Å². The molecule has 1 aliphatic carbocycles. The number of nitrogens with one attached hydrogen (secondary N) is 1. The van der Waals surface area contributed by atoms with Gasteiger partial charge in [0, 0.05) is 31.6 Å². The van der Waals surface area contributed by atoms with Crippen LogP contribution in [0.1, 0.15) is 47.0 Å². The summed E-state index contributed by atoms with van der Waals surface area (Å²) in [5.41, 5.74) is 0.586. The molecule has 158 valence electrons. The fourth-order valence-corrected chi connectivity index (χ4v) is 3.59. The van der Waals surface area contributed by atoms with Crippen molar-refractivity contribution >= 4 is 11.9 Å². The highest BCUT2D eigenvalue weighted by atomic mass is 16.5. The van der Waals surface area contributed by atoms with Gasteiger partial charge in [-0.3, -0.25) is 9.69 Å². The molecule has 0 aromatic heterocycles. The Morgan fingerprint density at radius 2 is 1.86 bits per heavy atom. The first-order chi connectivity index (χ1) is 13.4. The highest BCUT2D eigenvalue weighted by Crippen LogP contribution is 2.28. The van der Waals surface area contributed by atoms with Crippen LogP contribution in [0.3, 0.4) is 0 Å². The third-order valence-corrected chi connectivity index (χ3v) is 4.93. The van der Waals surface area contributed by atoms with Crippen LogP contribution in [0.4, 0.5) is 0 Å². The summed E-state index contributed by atoms with van der Waals surface area (Å²) in [7, 11) is 0. The number of amides is 1. The van der Waals surface area contributed by atoms with Gasteiger partial charge in [0.05, 0.1) is 24.9 Å². The smallest absolute Gasteiger partial charge is 0.333 e.